The number of anilines is 1. The van der Waals surface area contributed by atoms with Crippen molar-refractivity contribution in [3.63, 3.8) is 0 Å². The average molecular weight is 312 g/mol. The summed E-state index contributed by atoms with van der Waals surface area (Å²) in [6.07, 6.45) is 0. The van der Waals surface area contributed by atoms with Crippen LogP contribution in [0.4, 0.5) is 14.5 Å². The van der Waals surface area contributed by atoms with E-state index in [2.05, 4.69) is 16.9 Å². The van der Waals surface area contributed by atoms with Gasteiger partial charge in [0.2, 0.25) is 10.0 Å². The number of sulfonamides is 1. The number of hydrogen-bond donors (Lipinski definition) is 2. The lowest BCUT2D eigenvalue weighted by Crippen LogP contribution is -2.26. The number of alkyl halides is 2. The largest absolute Gasteiger partial charge is 0.392 e. The van der Waals surface area contributed by atoms with Crippen molar-refractivity contribution in [3.05, 3.63) is 24.3 Å². The topological polar surface area (TPSA) is 72.2 Å². The molecular formula is C9H10F2N2O2S3. The summed E-state index contributed by atoms with van der Waals surface area (Å²) in [6, 6.07) is 5.86. The summed E-state index contributed by atoms with van der Waals surface area (Å²) in [7, 11) is -3.77. The molecule has 0 saturated heterocycles. The molecule has 0 aromatic heterocycles. The van der Waals surface area contributed by atoms with Gasteiger partial charge in [-0.1, -0.05) is 36.1 Å². The third-order valence-electron chi connectivity index (χ3n) is 1.70. The molecule has 0 amide bonds. The fraction of sp³-hybridized carbons (Fsp3) is 0.222. The standard InChI is InChI=1S/C9H10F2N2O2S3/c10-9(11)17-7-4-2-1-3-6(7)13-18(14,15)5-8(12)16/h1-4,9,13H,5H2,(H2,12,16). The van der Waals surface area contributed by atoms with Crippen molar-refractivity contribution in [1.29, 1.82) is 0 Å². The molecule has 0 fully saturated rings. The Hall–Kier alpha value is -0.930. The number of para-hydroxylation sites is 1. The Kier molecular flexibility index (Phi) is 5.29. The Morgan fingerprint density at radius 3 is 2.61 bits per heavy atom. The van der Waals surface area contributed by atoms with E-state index < -0.39 is 21.5 Å². The molecule has 0 radical (unpaired) electrons. The maximum absolute atomic E-state index is 12.3. The Morgan fingerprint density at radius 2 is 2.06 bits per heavy atom. The van der Waals surface area contributed by atoms with Crippen LogP contribution in [-0.4, -0.2) is 24.9 Å². The molecule has 9 heteroatoms. The molecule has 0 aliphatic carbocycles. The second kappa shape index (κ2) is 6.30. The number of nitrogens with one attached hydrogen (secondary N) is 1. The van der Waals surface area contributed by atoms with Gasteiger partial charge in [0.05, 0.1) is 10.7 Å². The Balaban J connectivity index is 2.93. The molecule has 0 atom stereocenters. The van der Waals surface area contributed by atoms with E-state index in [1.165, 1.54) is 24.3 Å². The van der Waals surface area contributed by atoms with Crippen LogP contribution < -0.4 is 10.5 Å². The molecule has 1 aromatic rings. The summed E-state index contributed by atoms with van der Waals surface area (Å²) >= 11 is 4.76. The van der Waals surface area contributed by atoms with Gasteiger partial charge in [-0.05, 0) is 12.1 Å². The fourth-order valence-electron chi connectivity index (χ4n) is 1.14. The van der Waals surface area contributed by atoms with Gasteiger partial charge < -0.3 is 5.73 Å². The smallest absolute Gasteiger partial charge is 0.288 e. The zero-order valence-corrected chi connectivity index (χ0v) is 11.4. The minimum atomic E-state index is -3.77. The highest BCUT2D eigenvalue weighted by Gasteiger charge is 2.16. The number of thioether (sulfide) groups is 1. The first-order valence-corrected chi connectivity index (χ1v) is 7.57. The van der Waals surface area contributed by atoms with Crippen LogP contribution in [0, 0.1) is 0 Å². The van der Waals surface area contributed by atoms with Gasteiger partial charge in [0.15, 0.2) is 0 Å². The van der Waals surface area contributed by atoms with Gasteiger partial charge in [-0.15, -0.1) is 0 Å². The quantitative estimate of drug-likeness (QED) is 0.621. The van der Waals surface area contributed by atoms with E-state index in [1.54, 1.807) is 0 Å². The summed E-state index contributed by atoms with van der Waals surface area (Å²) < 4.78 is 49.9. The van der Waals surface area contributed by atoms with E-state index in [0.29, 0.717) is 0 Å². The van der Waals surface area contributed by atoms with E-state index in [1.807, 2.05) is 0 Å². The first-order valence-electron chi connectivity index (χ1n) is 4.63. The van der Waals surface area contributed by atoms with Crippen LogP contribution >= 0.6 is 24.0 Å². The van der Waals surface area contributed by atoms with Crippen molar-refractivity contribution in [1.82, 2.24) is 0 Å². The maximum Gasteiger partial charge on any atom is 0.288 e. The van der Waals surface area contributed by atoms with Gasteiger partial charge >= 0.3 is 0 Å². The number of thiocarbonyl (C=S) groups is 1. The molecule has 0 saturated carbocycles. The Bertz CT molecular complexity index is 534. The predicted molar refractivity (Wildman–Crippen MR) is 72.5 cm³/mol. The molecule has 0 aliphatic rings. The van der Waals surface area contributed by atoms with Gasteiger partial charge in [0.25, 0.3) is 5.76 Å². The minimum absolute atomic E-state index is 0.0825. The summed E-state index contributed by atoms with van der Waals surface area (Å²) in [6.45, 7) is 0. The molecule has 0 spiro atoms. The molecule has 0 heterocycles. The molecule has 4 nitrogen and oxygen atoms in total. The molecule has 1 rings (SSSR count). The summed E-state index contributed by atoms with van der Waals surface area (Å²) in [5.74, 6) is -3.16. The van der Waals surface area contributed by atoms with Gasteiger partial charge in [-0.2, -0.15) is 8.78 Å². The third-order valence-corrected chi connectivity index (χ3v) is 4.04. The van der Waals surface area contributed by atoms with Crippen LogP contribution in [-0.2, 0) is 10.0 Å². The van der Waals surface area contributed by atoms with Crippen molar-refractivity contribution >= 4 is 44.7 Å². The lowest BCUT2D eigenvalue weighted by atomic mass is 10.3. The van der Waals surface area contributed by atoms with E-state index in [-0.39, 0.29) is 27.3 Å². The highest BCUT2D eigenvalue weighted by molar-refractivity contribution is 8.00. The number of rotatable bonds is 6. The predicted octanol–water partition coefficient (Wildman–Crippen LogP) is 2.03. The Morgan fingerprint density at radius 1 is 1.44 bits per heavy atom. The van der Waals surface area contributed by atoms with Crippen molar-refractivity contribution in [3.8, 4) is 0 Å². The van der Waals surface area contributed by atoms with Gasteiger partial charge in [-0.25, -0.2) is 8.42 Å². The summed E-state index contributed by atoms with van der Waals surface area (Å²) in [5, 5.41) is 0. The molecule has 0 aliphatic heterocycles. The van der Waals surface area contributed by atoms with Crippen LogP contribution in [0.1, 0.15) is 0 Å². The Labute approximate surface area is 113 Å². The highest BCUT2D eigenvalue weighted by Crippen LogP contribution is 2.32. The second-order valence-corrected chi connectivity index (χ2v) is 6.48. The van der Waals surface area contributed by atoms with Crippen molar-refractivity contribution in [2.45, 2.75) is 10.7 Å². The van der Waals surface area contributed by atoms with Gasteiger partial charge in [0, 0.05) is 4.90 Å². The van der Waals surface area contributed by atoms with Crippen LogP contribution in [0.2, 0.25) is 0 Å². The average Bonchev–Trinajstić information content (AvgIpc) is 2.17. The van der Waals surface area contributed by atoms with E-state index in [9.17, 15) is 17.2 Å². The monoisotopic (exact) mass is 312 g/mol. The van der Waals surface area contributed by atoms with Crippen LogP contribution in [0.5, 0.6) is 0 Å². The molecule has 3 N–H and O–H groups in total. The van der Waals surface area contributed by atoms with Crippen molar-refractivity contribution < 1.29 is 17.2 Å². The van der Waals surface area contributed by atoms with E-state index >= 15 is 0 Å². The second-order valence-electron chi connectivity index (χ2n) is 3.20. The molecule has 0 unspecified atom stereocenters. The molecule has 1 aromatic carbocycles. The fourth-order valence-corrected chi connectivity index (χ4v) is 3.23. The summed E-state index contributed by atoms with van der Waals surface area (Å²) in [4.78, 5) is -0.0551. The van der Waals surface area contributed by atoms with Crippen molar-refractivity contribution in [2.75, 3.05) is 10.5 Å². The number of hydrogen-bond acceptors (Lipinski definition) is 4. The van der Waals surface area contributed by atoms with Gasteiger partial charge in [-0.3, -0.25) is 4.72 Å². The maximum atomic E-state index is 12.3. The number of benzene rings is 1. The van der Waals surface area contributed by atoms with Crippen molar-refractivity contribution in [2.24, 2.45) is 5.73 Å². The lowest BCUT2D eigenvalue weighted by Gasteiger charge is -2.11. The third kappa shape index (κ3) is 5.15. The van der Waals surface area contributed by atoms with Gasteiger partial charge in [0.1, 0.15) is 5.75 Å². The lowest BCUT2D eigenvalue weighted by molar-refractivity contribution is 0.252. The first kappa shape index (κ1) is 15.1. The molecular weight excluding hydrogens is 302 g/mol. The summed E-state index contributed by atoms with van der Waals surface area (Å²) in [5.41, 5.74) is 5.22. The molecule has 18 heavy (non-hydrogen) atoms. The van der Waals surface area contributed by atoms with Crippen LogP contribution in [0.3, 0.4) is 0 Å². The van der Waals surface area contributed by atoms with E-state index in [0.717, 1.165) is 0 Å². The zero-order chi connectivity index (χ0) is 13.8. The van der Waals surface area contributed by atoms with Crippen LogP contribution in [0.15, 0.2) is 29.2 Å². The SMILES string of the molecule is NC(=S)CS(=O)(=O)Nc1ccccc1SC(F)F. The first-order chi connectivity index (χ1) is 8.30. The molecule has 100 valence electrons. The number of halogens is 2. The highest BCUT2D eigenvalue weighted by atomic mass is 32.2. The zero-order valence-electron chi connectivity index (χ0n) is 8.97. The molecule has 0 bridgehead atoms. The minimum Gasteiger partial charge on any atom is -0.392 e. The number of nitrogens with two attached hydrogens (primary N) is 1. The van der Waals surface area contributed by atoms with E-state index in [4.69, 9.17) is 5.73 Å². The van der Waals surface area contributed by atoms with Crippen LogP contribution in [0.25, 0.3) is 0 Å². The normalized spacial score (nSPS) is 11.5.